The molecule has 2 heterocycles. The van der Waals surface area contributed by atoms with E-state index in [0.29, 0.717) is 18.2 Å². The van der Waals surface area contributed by atoms with Crippen LogP contribution in [0.25, 0.3) is 0 Å². The second-order valence-corrected chi connectivity index (χ2v) is 6.58. The molecule has 0 radical (unpaired) electrons. The molecule has 3 atom stereocenters. The summed E-state index contributed by atoms with van der Waals surface area (Å²) in [5.74, 6) is 1.17. The Balaban J connectivity index is 1.80. The first-order valence-electron chi connectivity index (χ1n) is 6.54. The molecule has 18 heavy (non-hydrogen) atoms. The maximum atomic E-state index is 6.13. The summed E-state index contributed by atoms with van der Waals surface area (Å²) in [5, 5.41) is 4.59. The third-order valence-electron chi connectivity index (χ3n) is 3.80. The fraction of sp³-hybridized carbons (Fsp3) is 0.571. The van der Waals surface area contributed by atoms with Crippen LogP contribution < -0.4 is 5.32 Å². The highest BCUT2D eigenvalue weighted by atomic mass is 35.5. The lowest BCUT2D eigenvalue weighted by Gasteiger charge is -2.30. The second-order valence-electron chi connectivity index (χ2n) is 5.01. The van der Waals surface area contributed by atoms with Gasteiger partial charge >= 0.3 is 0 Å². The molecule has 1 N–H and O–H groups in total. The zero-order valence-corrected chi connectivity index (χ0v) is 12.1. The van der Waals surface area contributed by atoms with Gasteiger partial charge in [0.25, 0.3) is 0 Å². The Morgan fingerprint density at radius 3 is 3.06 bits per heavy atom. The Kier molecular flexibility index (Phi) is 3.85. The zero-order valence-electron chi connectivity index (χ0n) is 10.5. The normalized spacial score (nSPS) is 31.3. The van der Waals surface area contributed by atoms with Gasteiger partial charge in [0.05, 0.1) is 6.10 Å². The highest BCUT2D eigenvalue weighted by Crippen LogP contribution is 2.38. The van der Waals surface area contributed by atoms with Crippen molar-refractivity contribution in [2.75, 3.05) is 12.4 Å². The first kappa shape index (κ1) is 12.8. The fourth-order valence-electron chi connectivity index (χ4n) is 2.75. The average molecular weight is 284 g/mol. The van der Waals surface area contributed by atoms with Gasteiger partial charge in [-0.15, -0.1) is 11.8 Å². The van der Waals surface area contributed by atoms with Gasteiger partial charge in [0.1, 0.15) is 0 Å². The summed E-state index contributed by atoms with van der Waals surface area (Å²) in [4.78, 5) is 1.37. The number of fused-ring (bicyclic) bond motifs is 1. The van der Waals surface area contributed by atoms with Crippen LogP contribution in [0.5, 0.6) is 0 Å². The van der Waals surface area contributed by atoms with Crippen LogP contribution in [-0.4, -0.2) is 24.5 Å². The van der Waals surface area contributed by atoms with E-state index in [2.05, 4.69) is 24.4 Å². The molecule has 2 aliphatic heterocycles. The molecular weight excluding hydrogens is 266 g/mol. The van der Waals surface area contributed by atoms with Gasteiger partial charge < -0.3 is 10.1 Å². The number of ether oxygens (including phenoxy) is 1. The molecule has 0 amide bonds. The van der Waals surface area contributed by atoms with Crippen molar-refractivity contribution >= 4 is 23.4 Å². The Labute approximate surface area is 117 Å². The molecule has 1 aromatic rings. The van der Waals surface area contributed by atoms with E-state index in [1.807, 2.05) is 17.8 Å². The minimum atomic E-state index is 0.321. The van der Waals surface area contributed by atoms with Crippen molar-refractivity contribution in [3.8, 4) is 0 Å². The number of benzene rings is 1. The topological polar surface area (TPSA) is 21.3 Å². The van der Waals surface area contributed by atoms with E-state index < -0.39 is 0 Å². The molecule has 3 rings (SSSR count). The van der Waals surface area contributed by atoms with Crippen molar-refractivity contribution in [3.05, 3.63) is 28.8 Å². The molecule has 0 saturated carbocycles. The SMILES string of the molecule is CC1OCCC1NC1CCSc2ccc(Cl)cc21. The summed E-state index contributed by atoms with van der Waals surface area (Å²) in [6, 6.07) is 7.14. The van der Waals surface area contributed by atoms with Gasteiger partial charge in [0.15, 0.2) is 0 Å². The van der Waals surface area contributed by atoms with E-state index >= 15 is 0 Å². The van der Waals surface area contributed by atoms with E-state index in [4.69, 9.17) is 16.3 Å². The van der Waals surface area contributed by atoms with Crippen molar-refractivity contribution in [2.45, 2.75) is 42.8 Å². The maximum Gasteiger partial charge on any atom is 0.0700 e. The maximum absolute atomic E-state index is 6.13. The van der Waals surface area contributed by atoms with Crippen molar-refractivity contribution in [1.82, 2.24) is 5.32 Å². The van der Waals surface area contributed by atoms with Gasteiger partial charge in [-0.2, -0.15) is 0 Å². The Morgan fingerprint density at radius 2 is 2.28 bits per heavy atom. The Hall–Kier alpha value is -0.220. The first-order valence-corrected chi connectivity index (χ1v) is 7.90. The van der Waals surface area contributed by atoms with Crippen LogP contribution in [0.3, 0.4) is 0 Å². The second kappa shape index (κ2) is 5.41. The van der Waals surface area contributed by atoms with Gasteiger partial charge in [0.2, 0.25) is 0 Å². The van der Waals surface area contributed by atoms with Crippen molar-refractivity contribution < 1.29 is 4.74 Å². The summed E-state index contributed by atoms with van der Waals surface area (Å²) in [6.07, 6.45) is 2.60. The fourth-order valence-corrected chi connectivity index (χ4v) is 4.03. The van der Waals surface area contributed by atoms with Gasteiger partial charge in [0, 0.05) is 28.6 Å². The molecule has 2 nitrogen and oxygen atoms in total. The summed E-state index contributed by atoms with van der Waals surface area (Å²) >= 11 is 8.06. The summed E-state index contributed by atoms with van der Waals surface area (Å²) in [5.41, 5.74) is 1.36. The molecule has 1 saturated heterocycles. The minimum absolute atomic E-state index is 0.321. The van der Waals surface area contributed by atoms with Crippen molar-refractivity contribution in [1.29, 1.82) is 0 Å². The zero-order chi connectivity index (χ0) is 12.5. The van der Waals surface area contributed by atoms with E-state index in [1.165, 1.54) is 22.6 Å². The average Bonchev–Trinajstić information content (AvgIpc) is 2.76. The highest BCUT2D eigenvalue weighted by Gasteiger charge is 2.29. The number of rotatable bonds is 2. The molecular formula is C14H18ClNOS. The quantitative estimate of drug-likeness (QED) is 0.895. The van der Waals surface area contributed by atoms with Crippen molar-refractivity contribution in [2.24, 2.45) is 0 Å². The van der Waals surface area contributed by atoms with Crippen LogP contribution in [0, 0.1) is 0 Å². The van der Waals surface area contributed by atoms with Crippen LogP contribution in [0.15, 0.2) is 23.1 Å². The lowest BCUT2D eigenvalue weighted by molar-refractivity contribution is 0.110. The van der Waals surface area contributed by atoms with E-state index in [0.717, 1.165) is 18.1 Å². The molecule has 0 spiro atoms. The van der Waals surface area contributed by atoms with Crippen LogP contribution in [0.1, 0.15) is 31.4 Å². The summed E-state index contributed by atoms with van der Waals surface area (Å²) in [6.45, 7) is 3.03. The van der Waals surface area contributed by atoms with Crippen LogP contribution in [0.4, 0.5) is 0 Å². The molecule has 0 bridgehead atoms. The molecule has 3 unspecified atom stereocenters. The molecule has 98 valence electrons. The number of hydrogen-bond acceptors (Lipinski definition) is 3. The van der Waals surface area contributed by atoms with Crippen LogP contribution >= 0.6 is 23.4 Å². The predicted octanol–water partition coefficient (Wildman–Crippen LogP) is 3.64. The number of halogens is 1. The monoisotopic (exact) mass is 283 g/mol. The van der Waals surface area contributed by atoms with Crippen LogP contribution in [-0.2, 0) is 4.74 Å². The first-order chi connectivity index (χ1) is 8.74. The van der Waals surface area contributed by atoms with Gasteiger partial charge in [-0.25, -0.2) is 0 Å². The third-order valence-corrected chi connectivity index (χ3v) is 5.16. The molecule has 2 aliphatic rings. The largest absolute Gasteiger partial charge is 0.377 e. The lowest BCUT2D eigenvalue weighted by atomic mass is 10.0. The Morgan fingerprint density at radius 1 is 1.39 bits per heavy atom. The number of nitrogens with one attached hydrogen (secondary N) is 1. The minimum Gasteiger partial charge on any atom is -0.377 e. The lowest BCUT2D eigenvalue weighted by Crippen LogP contribution is -2.38. The number of hydrogen-bond donors (Lipinski definition) is 1. The van der Waals surface area contributed by atoms with Gasteiger partial charge in [-0.05, 0) is 49.3 Å². The van der Waals surface area contributed by atoms with Crippen molar-refractivity contribution in [3.63, 3.8) is 0 Å². The van der Waals surface area contributed by atoms with Crippen LogP contribution in [0.2, 0.25) is 5.02 Å². The standard InChI is InChI=1S/C14H18ClNOS/c1-9-12(4-6-17-9)16-13-5-7-18-14-3-2-10(15)8-11(13)14/h2-3,8-9,12-13,16H,4-7H2,1H3. The molecule has 1 aromatic carbocycles. The molecule has 4 heteroatoms. The number of thioether (sulfide) groups is 1. The van der Waals surface area contributed by atoms with Gasteiger partial charge in [-0.3, -0.25) is 0 Å². The van der Waals surface area contributed by atoms with E-state index in [1.54, 1.807) is 0 Å². The summed E-state index contributed by atoms with van der Waals surface area (Å²) in [7, 11) is 0. The smallest absolute Gasteiger partial charge is 0.0700 e. The highest BCUT2D eigenvalue weighted by molar-refractivity contribution is 7.99. The van der Waals surface area contributed by atoms with E-state index in [-0.39, 0.29) is 0 Å². The molecule has 0 aromatic heterocycles. The molecule has 0 aliphatic carbocycles. The Bertz CT molecular complexity index is 440. The molecule has 1 fully saturated rings. The van der Waals surface area contributed by atoms with E-state index in [9.17, 15) is 0 Å². The third kappa shape index (κ3) is 2.55. The summed E-state index contributed by atoms with van der Waals surface area (Å²) < 4.78 is 5.62. The predicted molar refractivity (Wildman–Crippen MR) is 76.5 cm³/mol. The van der Waals surface area contributed by atoms with Gasteiger partial charge in [-0.1, -0.05) is 11.6 Å².